The summed E-state index contributed by atoms with van der Waals surface area (Å²) in [4.78, 5) is 36.5. The number of nitrogens with one attached hydrogen (secondary N) is 1. The second-order valence-corrected chi connectivity index (χ2v) is 8.88. The van der Waals surface area contributed by atoms with Gasteiger partial charge in [-0.15, -0.1) is 0 Å². The zero-order valence-corrected chi connectivity index (χ0v) is 20.0. The molecule has 2 aromatic rings. The first kappa shape index (κ1) is 23.7. The molecule has 1 aliphatic heterocycles. The highest BCUT2D eigenvalue weighted by Crippen LogP contribution is 2.34. The lowest BCUT2D eigenvalue weighted by molar-refractivity contribution is -0.116. The molecule has 2 atom stereocenters. The normalized spacial score (nSPS) is 20.8. The number of aromatic nitrogens is 2. The molecule has 2 heterocycles. The van der Waals surface area contributed by atoms with Crippen LogP contribution in [-0.2, 0) is 14.3 Å². The average Bonchev–Trinajstić information content (AvgIpc) is 2.80. The van der Waals surface area contributed by atoms with Gasteiger partial charge in [0.15, 0.2) is 11.5 Å². The van der Waals surface area contributed by atoms with Crippen LogP contribution in [0.1, 0.15) is 20.3 Å². The number of anilines is 1. The van der Waals surface area contributed by atoms with E-state index in [1.165, 1.54) is 18.5 Å². The van der Waals surface area contributed by atoms with Crippen molar-refractivity contribution >= 4 is 28.3 Å². The number of likely N-dealkylation sites (tertiary alicyclic amines) is 1. The third-order valence-electron chi connectivity index (χ3n) is 5.99. The minimum atomic E-state index is -0.265. The summed E-state index contributed by atoms with van der Waals surface area (Å²) in [5.41, 5.74) is 1.24. The number of ketones is 2. The van der Waals surface area contributed by atoms with Crippen LogP contribution in [0, 0.1) is 11.8 Å². The Morgan fingerprint density at radius 1 is 1.00 bits per heavy atom. The quantitative estimate of drug-likeness (QED) is 0.464. The van der Waals surface area contributed by atoms with Crippen LogP contribution in [0.5, 0.6) is 11.5 Å². The van der Waals surface area contributed by atoms with Crippen molar-refractivity contribution in [3.8, 4) is 11.5 Å². The lowest BCUT2D eigenvalue weighted by atomic mass is 9.90. The van der Waals surface area contributed by atoms with Gasteiger partial charge in [0.05, 0.1) is 30.6 Å². The van der Waals surface area contributed by atoms with Crippen LogP contribution in [0.4, 0.5) is 5.82 Å². The molecule has 2 aliphatic rings. The Labute approximate surface area is 198 Å². The second-order valence-electron chi connectivity index (χ2n) is 8.88. The molecule has 1 fully saturated rings. The fraction of sp³-hybridized carbons (Fsp3) is 0.440. The van der Waals surface area contributed by atoms with E-state index >= 15 is 0 Å². The van der Waals surface area contributed by atoms with Gasteiger partial charge in [0.2, 0.25) is 11.6 Å². The molecule has 0 spiro atoms. The summed E-state index contributed by atoms with van der Waals surface area (Å²) in [7, 11) is 3.14. The van der Waals surface area contributed by atoms with Crippen molar-refractivity contribution in [2.24, 2.45) is 11.8 Å². The van der Waals surface area contributed by atoms with Gasteiger partial charge in [-0.3, -0.25) is 9.59 Å². The van der Waals surface area contributed by atoms with Crippen molar-refractivity contribution in [1.29, 1.82) is 0 Å². The Kier molecular flexibility index (Phi) is 7.12. The summed E-state index contributed by atoms with van der Waals surface area (Å²) in [5, 5.41) is 3.66. The molecular formula is C25H30N4O5. The summed E-state index contributed by atoms with van der Waals surface area (Å²) in [6, 6.07) is 3.49. The monoisotopic (exact) mass is 466 g/mol. The van der Waals surface area contributed by atoms with E-state index in [2.05, 4.69) is 29.1 Å². The van der Waals surface area contributed by atoms with Crippen LogP contribution < -0.4 is 14.8 Å². The molecule has 1 aromatic heterocycles. The predicted octanol–water partition coefficient (Wildman–Crippen LogP) is 2.97. The minimum Gasteiger partial charge on any atom is -0.493 e. The number of hydrogen-bond acceptors (Lipinski definition) is 9. The Hall–Kier alpha value is -3.46. The van der Waals surface area contributed by atoms with E-state index in [1.807, 2.05) is 4.90 Å². The fourth-order valence-electron chi connectivity index (χ4n) is 4.55. The number of carbonyl (C=O) groups is 2. The standard InChI is InChI=1S/C25H30N4O5/c1-15-7-16(2)13-29(12-15)20-11-21(30)19(9-22(20)31)28-25-17-8-23(33-4)24(34-6-5-32-3)10-18(17)26-14-27-25/h8-11,14-16H,5-7,12-13H2,1-4H3,(H,26,27,28). The fourth-order valence-corrected chi connectivity index (χ4v) is 4.55. The van der Waals surface area contributed by atoms with Gasteiger partial charge in [0.1, 0.15) is 18.8 Å². The molecule has 1 N–H and O–H groups in total. The highest BCUT2D eigenvalue weighted by atomic mass is 16.5. The number of carbonyl (C=O) groups excluding carboxylic acids is 2. The number of allylic oxidation sites excluding steroid dienone is 2. The largest absolute Gasteiger partial charge is 0.493 e. The van der Waals surface area contributed by atoms with E-state index in [9.17, 15) is 9.59 Å². The number of methoxy groups -OCH3 is 2. The van der Waals surface area contributed by atoms with E-state index in [4.69, 9.17) is 14.2 Å². The van der Waals surface area contributed by atoms with Gasteiger partial charge in [-0.1, -0.05) is 13.8 Å². The molecule has 1 saturated heterocycles. The number of fused-ring (bicyclic) bond motifs is 1. The SMILES string of the molecule is COCCOc1cc2ncnc(NC3=CC(=O)C(N4CC(C)CC(C)C4)=CC3=O)c2cc1OC. The lowest BCUT2D eigenvalue weighted by Gasteiger charge is -2.37. The molecule has 0 bridgehead atoms. The first-order valence-corrected chi connectivity index (χ1v) is 11.4. The zero-order chi connectivity index (χ0) is 24.2. The topological polar surface area (TPSA) is 103 Å². The Balaban J connectivity index is 1.58. The van der Waals surface area contributed by atoms with Crippen LogP contribution >= 0.6 is 0 Å². The maximum Gasteiger partial charge on any atom is 0.204 e. The van der Waals surface area contributed by atoms with E-state index in [0.29, 0.717) is 59.0 Å². The highest BCUT2D eigenvalue weighted by Gasteiger charge is 2.30. The summed E-state index contributed by atoms with van der Waals surface area (Å²) in [5.74, 6) is 1.92. The van der Waals surface area contributed by atoms with Crippen LogP contribution in [0.25, 0.3) is 10.9 Å². The Bertz CT molecular complexity index is 1150. The number of rotatable bonds is 8. The maximum atomic E-state index is 12.9. The van der Waals surface area contributed by atoms with Gasteiger partial charge in [-0.05, 0) is 24.3 Å². The first-order chi connectivity index (χ1) is 16.4. The summed E-state index contributed by atoms with van der Waals surface area (Å²) in [6.45, 7) is 6.69. The number of ether oxygens (including phenoxy) is 3. The molecule has 1 aromatic carbocycles. The molecule has 2 unspecified atom stereocenters. The summed E-state index contributed by atoms with van der Waals surface area (Å²) in [6.07, 6.45) is 5.30. The van der Waals surface area contributed by atoms with Crippen molar-refractivity contribution in [3.05, 3.63) is 42.0 Å². The van der Waals surface area contributed by atoms with Crippen LogP contribution in [-0.4, -0.2) is 67.0 Å². The van der Waals surface area contributed by atoms with E-state index in [-0.39, 0.29) is 17.3 Å². The van der Waals surface area contributed by atoms with Crippen molar-refractivity contribution in [2.45, 2.75) is 20.3 Å². The molecule has 0 radical (unpaired) electrons. The predicted molar refractivity (Wildman–Crippen MR) is 128 cm³/mol. The van der Waals surface area contributed by atoms with Gasteiger partial charge in [0, 0.05) is 43.8 Å². The summed E-state index contributed by atoms with van der Waals surface area (Å²) < 4.78 is 16.2. The second kappa shape index (κ2) is 10.2. The van der Waals surface area contributed by atoms with Gasteiger partial charge >= 0.3 is 0 Å². The number of nitrogens with zero attached hydrogens (tertiary/aromatic N) is 3. The van der Waals surface area contributed by atoms with E-state index < -0.39 is 0 Å². The van der Waals surface area contributed by atoms with Crippen molar-refractivity contribution in [1.82, 2.24) is 14.9 Å². The molecule has 1 aliphatic carbocycles. The lowest BCUT2D eigenvalue weighted by Crippen LogP contribution is -2.41. The highest BCUT2D eigenvalue weighted by molar-refractivity contribution is 6.21. The smallest absolute Gasteiger partial charge is 0.204 e. The van der Waals surface area contributed by atoms with Crippen LogP contribution in [0.3, 0.4) is 0 Å². The molecule has 9 heteroatoms. The molecule has 0 saturated carbocycles. The third kappa shape index (κ3) is 5.04. The van der Waals surface area contributed by atoms with Gasteiger partial charge in [0.25, 0.3) is 0 Å². The van der Waals surface area contributed by atoms with E-state index in [1.54, 1.807) is 26.4 Å². The number of piperidine rings is 1. The average molecular weight is 467 g/mol. The third-order valence-corrected chi connectivity index (χ3v) is 5.99. The van der Waals surface area contributed by atoms with Crippen molar-refractivity contribution in [2.75, 3.05) is 45.8 Å². The zero-order valence-electron chi connectivity index (χ0n) is 20.0. The Morgan fingerprint density at radius 3 is 2.47 bits per heavy atom. The first-order valence-electron chi connectivity index (χ1n) is 11.4. The van der Waals surface area contributed by atoms with Crippen molar-refractivity contribution in [3.63, 3.8) is 0 Å². The van der Waals surface area contributed by atoms with Crippen LogP contribution in [0.2, 0.25) is 0 Å². The maximum absolute atomic E-state index is 12.9. The Morgan fingerprint density at radius 2 is 1.76 bits per heavy atom. The molecule has 0 amide bonds. The van der Waals surface area contributed by atoms with Gasteiger partial charge < -0.3 is 24.4 Å². The summed E-state index contributed by atoms with van der Waals surface area (Å²) >= 11 is 0. The molecule has 34 heavy (non-hydrogen) atoms. The molecular weight excluding hydrogens is 436 g/mol. The van der Waals surface area contributed by atoms with Gasteiger partial charge in [-0.25, -0.2) is 9.97 Å². The van der Waals surface area contributed by atoms with E-state index in [0.717, 1.165) is 19.5 Å². The molecule has 180 valence electrons. The molecule has 9 nitrogen and oxygen atoms in total. The van der Waals surface area contributed by atoms with Gasteiger partial charge in [-0.2, -0.15) is 0 Å². The number of hydrogen-bond donors (Lipinski definition) is 1. The number of benzene rings is 1. The van der Waals surface area contributed by atoms with Crippen molar-refractivity contribution < 1.29 is 23.8 Å². The minimum absolute atomic E-state index is 0.172. The van der Waals surface area contributed by atoms with Crippen LogP contribution in [0.15, 0.2) is 42.0 Å². The molecule has 4 rings (SSSR count).